The first-order valence-corrected chi connectivity index (χ1v) is 13.0. The van der Waals surface area contributed by atoms with Gasteiger partial charge >= 0.3 is 0 Å². The van der Waals surface area contributed by atoms with E-state index >= 15 is 0 Å². The Bertz CT molecular complexity index is 1130. The molecule has 1 amide bonds. The zero-order valence-electron chi connectivity index (χ0n) is 22.8. The van der Waals surface area contributed by atoms with Crippen molar-refractivity contribution >= 4 is 29.5 Å². The van der Waals surface area contributed by atoms with E-state index in [1.54, 1.807) is 43.9 Å². The molecular weight excluding hydrogens is 502 g/mol. The van der Waals surface area contributed by atoms with E-state index in [1.165, 1.54) is 7.05 Å². The number of aliphatic imine (C=N–C) groups is 1. The number of ether oxygens (including phenoxy) is 2. The standard InChI is InChI=1S/C16H20N2OS.C10H12O3.C2H7N3/c1-12(2)6-7-15(19)18-11-13-4-3-5-14(10-13)16-17-8-9-20-16;1-12-9-4-3-8(5-6-11)7-10(9)13-2;1-5-2(3)4/h3-5,8-10,12H,6-7,11H2,1-2H3,(H,18,19);3-4,6-7H,5H2,1-2H3;1H3,(H4,3,4,5). The molecule has 0 aliphatic heterocycles. The van der Waals surface area contributed by atoms with E-state index in [-0.39, 0.29) is 11.9 Å². The van der Waals surface area contributed by atoms with Crippen molar-refractivity contribution < 1.29 is 19.1 Å². The fraction of sp³-hybridized carbons (Fsp3) is 0.357. The van der Waals surface area contributed by atoms with Gasteiger partial charge in [0.15, 0.2) is 17.5 Å². The number of carbonyl (C=O) groups is 2. The number of thiazole rings is 1. The quantitative estimate of drug-likeness (QED) is 0.198. The van der Waals surface area contributed by atoms with Crippen molar-refractivity contribution in [3.8, 4) is 22.1 Å². The number of hydrogen-bond acceptors (Lipinski definition) is 7. The lowest BCUT2D eigenvalue weighted by Crippen LogP contribution is -2.22. The highest BCUT2D eigenvalue weighted by Gasteiger charge is 2.05. The van der Waals surface area contributed by atoms with Crippen molar-refractivity contribution in [2.24, 2.45) is 22.4 Å². The van der Waals surface area contributed by atoms with Gasteiger partial charge in [0.25, 0.3) is 0 Å². The van der Waals surface area contributed by atoms with E-state index in [4.69, 9.17) is 20.9 Å². The number of nitrogens with two attached hydrogens (primary N) is 2. The number of aldehydes is 1. The van der Waals surface area contributed by atoms with Crippen LogP contribution in [0.3, 0.4) is 0 Å². The molecule has 206 valence electrons. The van der Waals surface area contributed by atoms with Crippen LogP contribution in [0, 0.1) is 5.92 Å². The summed E-state index contributed by atoms with van der Waals surface area (Å²) in [6.45, 7) is 4.84. The monoisotopic (exact) mass is 541 g/mol. The Morgan fingerprint density at radius 1 is 1.11 bits per heavy atom. The summed E-state index contributed by atoms with van der Waals surface area (Å²) in [5.74, 6) is 2.15. The van der Waals surface area contributed by atoms with E-state index < -0.39 is 0 Å². The molecule has 9 nitrogen and oxygen atoms in total. The van der Waals surface area contributed by atoms with Gasteiger partial charge in [-0.1, -0.05) is 38.1 Å². The van der Waals surface area contributed by atoms with Crippen molar-refractivity contribution in [3.63, 3.8) is 0 Å². The summed E-state index contributed by atoms with van der Waals surface area (Å²) in [6.07, 6.45) is 4.61. The van der Waals surface area contributed by atoms with E-state index in [0.717, 1.165) is 34.4 Å². The maximum atomic E-state index is 11.7. The number of guanidine groups is 1. The Morgan fingerprint density at radius 3 is 2.37 bits per heavy atom. The van der Waals surface area contributed by atoms with E-state index in [9.17, 15) is 9.59 Å². The van der Waals surface area contributed by atoms with Crippen LogP contribution in [-0.2, 0) is 22.6 Å². The fourth-order valence-electron chi connectivity index (χ4n) is 2.99. The molecule has 10 heteroatoms. The van der Waals surface area contributed by atoms with Crippen molar-refractivity contribution in [1.29, 1.82) is 0 Å². The van der Waals surface area contributed by atoms with Gasteiger partial charge in [0, 0.05) is 43.6 Å². The average molecular weight is 542 g/mol. The number of aromatic nitrogens is 1. The molecule has 38 heavy (non-hydrogen) atoms. The first kappa shape index (κ1) is 32.1. The molecule has 1 aromatic heterocycles. The first-order chi connectivity index (χ1) is 18.2. The van der Waals surface area contributed by atoms with E-state index in [1.807, 2.05) is 29.6 Å². The minimum Gasteiger partial charge on any atom is -0.493 e. The predicted octanol–water partition coefficient (Wildman–Crippen LogP) is 4.20. The van der Waals surface area contributed by atoms with Gasteiger partial charge in [0.2, 0.25) is 5.91 Å². The fourth-order valence-corrected chi connectivity index (χ4v) is 3.63. The second kappa shape index (κ2) is 18.3. The third-order valence-electron chi connectivity index (χ3n) is 5.07. The Kier molecular flexibility index (Phi) is 15.5. The normalized spacial score (nSPS) is 9.74. The molecule has 0 spiro atoms. The smallest absolute Gasteiger partial charge is 0.220 e. The highest BCUT2D eigenvalue weighted by Crippen LogP contribution is 2.27. The van der Waals surface area contributed by atoms with Gasteiger partial charge in [-0.15, -0.1) is 11.3 Å². The van der Waals surface area contributed by atoms with Crippen LogP contribution < -0.4 is 26.3 Å². The molecule has 0 radical (unpaired) electrons. The Hall–Kier alpha value is -3.92. The molecule has 0 saturated carbocycles. The summed E-state index contributed by atoms with van der Waals surface area (Å²) >= 11 is 1.62. The number of benzene rings is 2. The molecule has 3 aromatic rings. The second-order valence-corrected chi connectivity index (χ2v) is 9.35. The summed E-state index contributed by atoms with van der Waals surface area (Å²) in [7, 11) is 4.69. The van der Waals surface area contributed by atoms with Gasteiger partial charge < -0.3 is 31.1 Å². The Balaban J connectivity index is 0.000000343. The highest BCUT2D eigenvalue weighted by molar-refractivity contribution is 7.13. The van der Waals surface area contributed by atoms with Crippen molar-refractivity contribution in [1.82, 2.24) is 10.3 Å². The molecular formula is C28H39N5O4S. The molecule has 3 rings (SSSR count). The molecule has 0 aliphatic rings. The van der Waals surface area contributed by atoms with Crippen LogP contribution in [-0.4, -0.2) is 44.4 Å². The minimum atomic E-state index is 0.123. The third kappa shape index (κ3) is 12.9. The number of nitrogens with zero attached hydrogens (tertiary/aromatic N) is 2. The summed E-state index contributed by atoms with van der Waals surface area (Å²) in [5, 5.41) is 5.95. The average Bonchev–Trinajstić information content (AvgIpc) is 3.47. The van der Waals surface area contributed by atoms with Gasteiger partial charge in [0.1, 0.15) is 11.3 Å². The molecule has 0 unspecified atom stereocenters. The van der Waals surface area contributed by atoms with Crippen LogP contribution in [0.25, 0.3) is 10.6 Å². The lowest BCUT2D eigenvalue weighted by atomic mass is 10.1. The summed E-state index contributed by atoms with van der Waals surface area (Å²) in [6, 6.07) is 13.6. The molecule has 0 atom stereocenters. The molecule has 0 bridgehead atoms. The number of carbonyl (C=O) groups excluding carboxylic acids is 2. The van der Waals surface area contributed by atoms with Crippen LogP contribution >= 0.6 is 11.3 Å². The molecule has 1 heterocycles. The summed E-state index contributed by atoms with van der Waals surface area (Å²) in [5.41, 5.74) is 12.8. The van der Waals surface area contributed by atoms with Crippen molar-refractivity contribution in [3.05, 3.63) is 65.2 Å². The van der Waals surface area contributed by atoms with Crippen LogP contribution in [0.2, 0.25) is 0 Å². The van der Waals surface area contributed by atoms with Crippen LogP contribution in [0.4, 0.5) is 0 Å². The lowest BCUT2D eigenvalue weighted by Gasteiger charge is -2.07. The van der Waals surface area contributed by atoms with E-state index in [0.29, 0.717) is 36.8 Å². The van der Waals surface area contributed by atoms with Gasteiger partial charge in [-0.2, -0.15) is 0 Å². The van der Waals surface area contributed by atoms with Crippen LogP contribution in [0.15, 0.2) is 59.0 Å². The SMILES string of the molecule is CC(C)CCC(=O)NCc1cccc(-c2nccs2)c1.CN=C(N)N.COc1ccc(CC=O)cc1OC. The summed E-state index contributed by atoms with van der Waals surface area (Å²) in [4.78, 5) is 29.6. The van der Waals surface area contributed by atoms with Gasteiger partial charge in [-0.3, -0.25) is 9.79 Å². The molecule has 5 N–H and O–H groups in total. The van der Waals surface area contributed by atoms with Gasteiger partial charge in [0.05, 0.1) is 14.2 Å². The zero-order valence-corrected chi connectivity index (χ0v) is 23.6. The minimum absolute atomic E-state index is 0.123. The Labute approximate surface area is 229 Å². The summed E-state index contributed by atoms with van der Waals surface area (Å²) < 4.78 is 10.1. The highest BCUT2D eigenvalue weighted by atomic mass is 32.1. The third-order valence-corrected chi connectivity index (χ3v) is 5.89. The maximum absolute atomic E-state index is 11.7. The lowest BCUT2D eigenvalue weighted by molar-refractivity contribution is -0.121. The maximum Gasteiger partial charge on any atom is 0.220 e. The second-order valence-electron chi connectivity index (χ2n) is 8.46. The van der Waals surface area contributed by atoms with Gasteiger partial charge in [-0.05, 0) is 41.7 Å². The number of nitrogens with one attached hydrogen (secondary N) is 1. The number of rotatable bonds is 10. The first-order valence-electron chi connectivity index (χ1n) is 12.1. The number of methoxy groups -OCH3 is 2. The number of amides is 1. The molecule has 0 aliphatic carbocycles. The number of hydrogen-bond donors (Lipinski definition) is 3. The van der Waals surface area contributed by atoms with Crippen molar-refractivity contribution in [2.45, 2.75) is 39.7 Å². The van der Waals surface area contributed by atoms with Crippen LogP contribution in [0.1, 0.15) is 37.8 Å². The molecule has 0 saturated heterocycles. The van der Waals surface area contributed by atoms with Gasteiger partial charge in [-0.25, -0.2) is 4.98 Å². The van der Waals surface area contributed by atoms with Crippen molar-refractivity contribution in [2.75, 3.05) is 21.3 Å². The van der Waals surface area contributed by atoms with E-state index in [2.05, 4.69) is 35.2 Å². The Morgan fingerprint density at radius 2 is 1.82 bits per heavy atom. The molecule has 0 fully saturated rings. The predicted molar refractivity (Wildman–Crippen MR) is 155 cm³/mol. The topological polar surface area (TPSA) is 142 Å². The zero-order chi connectivity index (χ0) is 28.3. The van der Waals surface area contributed by atoms with Crippen LogP contribution in [0.5, 0.6) is 11.5 Å². The largest absolute Gasteiger partial charge is 0.493 e. The molecule has 2 aromatic carbocycles.